The van der Waals surface area contributed by atoms with E-state index < -0.39 is 0 Å². The molecule has 0 saturated carbocycles. The summed E-state index contributed by atoms with van der Waals surface area (Å²) in [5.41, 5.74) is 5.48. The van der Waals surface area contributed by atoms with E-state index >= 15 is 0 Å². The number of anilines is 1. The normalized spacial score (nSPS) is 11.3. The first-order valence-corrected chi connectivity index (χ1v) is 9.70. The summed E-state index contributed by atoms with van der Waals surface area (Å²) in [7, 11) is 1.88. The van der Waals surface area contributed by atoms with Crippen molar-refractivity contribution >= 4 is 33.9 Å². The van der Waals surface area contributed by atoms with Crippen LogP contribution in [0.15, 0.2) is 66.9 Å². The maximum Gasteiger partial charge on any atom is 0.248 e. The number of imidazole rings is 1. The first kappa shape index (κ1) is 18.1. The number of nitrogens with zero attached hydrogens (tertiary/aromatic N) is 5. The Morgan fingerprint density at radius 3 is 2.60 bits per heavy atom. The van der Waals surface area contributed by atoms with Crippen LogP contribution < -0.4 is 5.32 Å². The Morgan fingerprint density at radius 1 is 1.03 bits per heavy atom. The van der Waals surface area contributed by atoms with Crippen molar-refractivity contribution in [2.75, 3.05) is 5.32 Å². The van der Waals surface area contributed by atoms with Crippen LogP contribution in [0.3, 0.4) is 0 Å². The number of carbonyl (C=O) groups excluding carboxylic acids is 1. The molecule has 0 atom stereocenters. The van der Waals surface area contributed by atoms with E-state index in [1.165, 1.54) is 0 Å². The number of hydrogen-bond acceptors (Lipinski definition) is 4. The number of para-hydroxylation sites is 2. The van der Waals surface area contributed by atoms with E-state index in [-0.39, 0.29) is 12.5 Å². The molecule has 0 radical (unpaired) electrons. The quantitative estimate of drug-likeness (QED) is 0.499. The van der Waals surface area contributed by atoms with Crippen molar-refractivity contribution in [3.05, 3.63) is 72.6 Å². The van der Waals surface area contributed by atoms with Crippen molar-refractivity contribution in [3.8, 4) is 11.1 Å². The van der Waals surface area contributed by atoms with Gasteiger partial charge in [0.2, 0.25) is 11.9 Å². The fraction of sp³-hybridized carbons (Fsp3) is 0.130. The van der Waals surface area contributed by atoms with Crippen LogP contribution >= 0.6 is 0 Å². The zero-order valence-corrected chi connectivity index (χ0v) is 16.7. The summed E-state index contributed by atoms with van der Waals surface area (Å²) in [5.74, 6) is 0.303. The van der Waals surface area contributed by atoms with Gasteiger partial charge in [0.05, 0.1) is 16.7 Å². The minimum absolute atomic E-state index is 0.0544. The lowest BCUT2D eigenvalue weighted by molar-refractivity contribution is -0.116. The van der Waals surface area contributed by atoms with E-state index in [9.17, 15) is 4.79 Å². The Kier molecular flexibility index (Phi) is 4.28. The maximum absolute atomic E-state index is 12.8. The van der Waals surface area contributed by atoms with E-state index in [0.717, 1.165) is 33.2 Å². The molecule has 3 heterocycles. The fourth-order valence-corrected chi connectivity index (χ4v) is 3.81. The Morgan fingerprint density at radius 2 is 1.80 bits per heavy atom. The lowest BCUT2D eigenvalue weighted by Gasteiger charge is -2.07. The van der Waals surface area contributed by atoms with Crippen LogP contribution in [0.1, 0.15) is 5.69 Å². The predicted octanol–water partition coefficient (Wildman–Crippen LogP) is 3.93. The molecule has 0 aliphatic rings. The van der Waals surface area contributed by atoms with Crippen LogP contribution in [0.25, 0.3) is 33.2 Å². The number of pyridine rings is 1. The Balaban J connectivity index is 1.47. The number of fused-ring (bicyclic) bond motifs is 2. The highest BCUT2D eigenvalue weighted by Gasteiger charge is 2.17. The lowest BCUT2D eigenvalue weighted by Crippen LogP contribution is -2.21. The number of amides is 1. The molecule has 1 amide bonds. The third-order valence-corrected chi connectivity index (χ3v) is 5.22. The number of hydrogen-bond donors (Lipinski definition) is 1. The molecule has 0 aliphatic heterocycles. The van der Waals surface area contributed by atoms with Crippen molar-refractivity contribution in [2.24, 2.45) is 7.05 Å². The largest absolute Gasteiger partial charge is 0.313 e. The second-order valence-corrected chi connectivity index (χ2v) is 7.20. The van der Waals surface area contributed by atoms with Gasteiger partial charge in [0.1, 0.15) is 6.54 Å². The average Bonchev–Trinajstić information content (AvgIpc) is 3.25. The van der Waals surface area contributed by atoms with Gasteiger partial charge in [0.15, 0.2) is 5.65 Å². The minimum Gasteiger partial charge on any atom is -0.313 e. The van der Waals surface area contributed by atoms with Gasteiger partial charge in [-0.25, -0.2) is 14.6 Å². The van der Waals surface area contributed by atoms with Gasteiger partial charge < -0.3 is 4.57 Å². The first-order chi connectivity index (χ1) is 14.6. The summed E-state index contributed by atoms with van der Waals surface area (Å²) in [6.45, 7) is 2.00. The van der Waals surface area contributed by atoms with Crippen LogP contribution in [0.2, 0.25) is 0 Å². The van der Waals surface area contributed by atoms with Gasteiger partial charge in [-0.15, -0.1) is 0 Å². The molecule has 0 aliphatic carbocycles. The van der Waals surface area contributed by atoms with E-state index in [1.807, 2.05) is 67.1 Å². The molecular formula is C23H20N6O. The van der Waals surface area contributed by atoms with Crippen molar-refractivity contribution in [1.82, 2.24) is 24.3 Å². The number of carbonyl (C=O) groups is 1. The molecule has 7 heteroatoms. The SMILES string of the molecule is Cc1nn(CC(=O)Nc2nc3ccccc3n2C)c2nccc(-c3ccccc3)c12. The summed E-state index contributed by atoms with van der Waals surface area (Å²) >= 11 is 0. The summed E-state index contributed by atoms with van der Waals surface area (Å²) in [4.78, 5) is 21.8. The molecule has 5 rings (SSSR count). The maximum atomic E-state index is 12.8. The van der Waals surface area contributed by atoms with Crippen molar-refractivity contribution in [3.63, 3.8) is 0 Å². The molecule has 148 valence electrons. The summed E-state index contributed by atoms with van der Waals surface area (Å²) < 4.78 is 3.51. The van der Waals surface area contributed by atoms with Gasteiger partial charge in [-0.3, -0.25) is 10.1 Å². The summed E-state index contributed by atoms with van der Waals surface area (Å²) in [6, 6.07) is 19.9. The highest BCUT2D eigenvalue weighted by Crippen LogP contribution is 2.29. The lowest BCUT2D eigenvalue weighted by atomic mass is 10.0. The smallest absolute Gasteiger partial charge is 0.248 e. The van der Waals surface area contributed by atoms with E-state index in [1.54, 1.807) is 10.9 Å². The number of nitrogens with one attached hydrogen (secondary N) is 1. The first-order valence-electron chi connectivity index (χ1n) is 9.70. The van der Waals surface area contributed by atoms with Gasteiger partial charge in [-0.2, -0.15) is 5.10 Å². The molecule has 7 nitrogen and oxygen atoms in total. The predicted molar refractivity (Wildman–Crippen MR) is 117 cm³/mol. The molecule has 0 fully saturated rings. The molecule has 0 spiro atoms. The van der Waals surface area contributed by atoms with Crippen LogP contribution in [0, 0.1) is 6.92 Å². The van der Waals surface area contributed by atoms with Gasteiger partial charge in [-0.1, -0.05) is 42.5 Å². The third kappa shape index (κ3) is 3.00. The minimum atomic E-state index is -0.204. The molecule has 3 aromatic heterocycles. The Labute approximate surface area is 173 Å². The fourth-order valence-electron chi connectivity index (χ4n) is 3.81. The van der Waals surface area contributed by atoms with Gasteiger partial charge in [0, 0.05) is 18.6 Å². The monoisotopic (exact) mass is 396 g/mol. The number of aryl methyl sites for hydroxylation is 2. The third-order valence-electron chi connectivity index (χ3n) is 5.22. The zero-order chi connectivity index (χ0) is 20.7. The molecule has 30 heavy (non-hydrogen) atoms. The highest BCUT2D eigenvalue weighted by atomic mass is 16.2. The van der Waals surface area contributed by atoms with E-state index in [0.29, 0.717) is 11.6 Å². The second kappa shape index (κ2) is 7.11. The molecule has 2 aromatic carbocycles. The molecular weight excluding hydrogens is 376 g/mol. The topological polar surface area (TPSA) is 77.6 Å². The van der Waals surface area contributed by atoms with Crippen molar-refractivity contribution in [1.29, 1.82) is 0 Å². The highest BCUT2D eigenvalue weighted by molar-refractivity contribution is 5.96. The molecule has 0 bridgehead atoms. The van der Waals surface area contributed by atoms with Crippen LogP contribution in [0.4, 0.5) is 5.95 Å². The Hall–Kier alpha value is -4.00. The van der Waals surface area contributed by atoms with Crippen molar-refractivity contribution in [2.45, 2.75) is 13.5 Å². The van der Waals surface area contributed by atoms with Crippen molar-refractivity contribution < 1.29 is 4.79 Å². The zero-order valence-electron chi connectivity index (χ0n) is 16.7. The van der Waals surface area contributed by atoms with Crippen LogP contribution in [0.5, 0.6) is 0 Å². The van der Waals surface area contributed by atoms with Gasteiger partial charge in [-0.05, 0) is 36.2 Å². The van der Waals surface area contributed by atoms with Crippen LogP contribution in [-0.4, -0.2) is 30.2 Å². The molecule has 0 unspecified atom stereocenters. The number of aromatic nitrogens is 5. The molecule has 0 saturated heterocycles. The molecule has 1 N–H and O–H groups in total. The number of rotatable bonds is 4. The second-order valence-electron chi connectivity index (χ2n) is 7.20. The molecule has 5 aromatic rings. The summed E-state index contributed by atoms with van der Waals surface area (Å²) in [5, 5.41) is 8.44. The van der Waals surface area contributed by atoms with Gasteiger partial charge in [0.25, 0.3) is 0 Å². The van der Waals surface area contributed by atoms with E-state index in [2.05, 4.69) is 32.5 Å². The summed E-state index contributed by atoms with van der Waals surface area (Å²) in [6.07, 6.45) is 1.76. The standard InChI is InChI=1S/C23H20N6O/c1-15-21-17(16-8-4-3-5-9-16)12-13-24-22(21)29(27-15)14-20(30)26-23-25-18-10-6-7-11-19(18)28(23)2/h3-13H,14H2,1-2H3,(H,25,26,30). The van der Waals surface area contributed by atoms with Crippen LogP contribution in [-0.2, 0) is 18.4 Å². The van der Waals surface area contributed by atoms with Gasteiger partial charge >= 0.3 is 0 Å². The van der Waals surface area contributed by atoms with E-state index in [4.69, 9.17) is 0 Å². The number of benzene rings is 2. The Bertz CT molecular complexity index is 1380. The average molecular weight is 396 g/mol.